The molecule has 11 nitrogen and oxygen atoms in total. The van der Waals surface area contributed by atoms with E-state index < -0.39 is 64.8 Å². The molecule has 0 bridgehead atoms. The summed E-state index contributed by atoms with van der Waals surface area (Å²) in [4.78, 5) is 36.8. The van der Waals surface area contributed by atoms with Crippen LogP contribution < -0.4 is 0 Å². The number of carboxylic acid groups (broad SMARTS) is 1. The Morgan fingerprint density at radius 3 is 2.52 bits per heavy atom. The lowest BCUT2D eigenvalue weighted by Crippen LogP contribution is -2.75. The minimum absolute atomic E-state index is 0.0140. The van der Waals surface area contributed by atoms with E-state index in [2.05, 4.69) is 6.92 Å². The number of carboxylic acids is 1. The second-order valence-electron chi connectivity index (χ2n) is 14.6. The van der Waals surface area contributed by atoms with Gasteiger partial charge in [-0.25, -0.2) is 4.79 Å². The highest BCUT2D eigenvalue weighted by Crippen LogP contribution is 2.70. The molecule has 0 amide bonds. The fourth-order valence-electron chi connectivity index (χ4n) is 10.9. The predicted molar refractivity (Wildman–Crippen MR) is 142 cm³/mol. The first-order valence-electron chi connectivity index (χ1n) is 15.5. The van der Waals surface area contributed by atoms with Crippen LogP contribution in [0.15, 0.2) is 11.6 Å². The molecule has 0 unspecified atom stereocenters. The zero-order chi connectivity index (χ0) is 29.9. The molecule has 4 N–H and O–H groups in total. The monoisotopic (exact) mass is 590 g/mol. The van der Waals surface area contributed by atoms with Crippen molar-refractivity contribution >= 4 is 18.2 Å². The quantitative estimate of drug-likeness (QED) is 0.214. The van der Waals surface area contributed by atoms with Gasteiger partial charge in [-0.1, -0.05) is 6.92 Å². The number of ether oxygens (including phenoxy) is 4. The summed E-state index contributed by atoms with van der Waals surface area (Å²) in [5.41, 5.74) is -3.48. The molecule has 13 atom stereocenters. The third-order valence-corrected chi connectivity index (χ3v) is 12.8. The van der Waals surface area contributed by atoms with E-state index in [1.807, 2.05) is 0 Å². The number of aldehydes is 1. The van der Waals surface area contributed by atoms with Crippen molar-refractivity contribution in [2.24, 2.45) is 34.5 Å². The Morgan fingerprint density at radius 1 is 1.05 bits per heavy atom. The Hall–Kier alpha value is -1.89. The molecule has 3 aliphatic heterocycles. The van der Waals surface area contributed by atoms with E-state index in [1.165, 1.54) is 0 Å². The normalized spacial score (nSPS) is 54.8. The summed E-state index contributed by atoms with van der Waals surface area (Å²) in [5, 5.41) is 45.2. The van der Waals surface area contributed by atoms with Crippen molar-refractivity contribution < 1.29 is 53.8 Å². The second-order valence-corrected chi connectivity index (χ2v) is 14.6. The number of fused-ring (bicyclic) bond motifs is 7. The molecule has 6 fully saturated rings. The number of rotatable bonds is 4. The minimum Gasteiger partial charge on any atom is -0.481 e. The van der Waals surface area contributed by atoms with E-state index in [-0.39, 0.29) is 49.1 Å². The molecule has 7 aliphatic rings. The van der Waals surface area contributed by atoms with Crippen LogP contribution >= 0.6 is 0 Å². The standard InChI is InChI=1S/C31H42O11/c1-16-11-29(36,13-24(33)34)31(38)26(40-16)41-22-10-18-3-4-21-20(28(18,15-32)12-23(22)42-31)5-7-27(2)19(6-8-30(21,27)37)17-9-25(35)39-14-17/h9,15-16,18-23,26,36-38H,3-8,10-14H2,1-2H3,(H,33,34)/t16-,18-,19+,20-,21+,22+,23+,26+,27+,28+,29+,30-,31+/m0/s1. The summed E-state index contributed by atoms with van der Waals surface area (Å²) in [7, 11) is 0. The van der Waals surface area contributed by atoms with Crippen molar-refractivity contribution in [3.05, 3.63) is 11.6 Å². The van der Waals surface area contributed by atoms with E-state index in [0.29, 0.717) is 19.3 Å². The van der Waals surface area contributed by atoms with Crippen LogP contribution in [0.1, 0.15) is 78.1 Å². The molecule has 3 heterocycles. The zero-order valence-electron chi connectivity index (χ0n) is 24.2. The van der Waals surface area contributed by atoms with Crippen molar-refractivity contribution in [1.29, 1.82) is 0 Å². The Bertz CT molecular complexity index is 1220. The van der Waals surface area contributed by atoms with Crippen molar-refractivity contribution in [3.8, 4) is 0 Å². The van der Waals surface area contributed by atoms with Crippen molar-refractivity contribution in [2.45, 2.75) is 120 Å². The molecule has 0 spiro atoms. The SMILES string of the molecule is C[C@H]1C[C@@](O)(CC(=O)O)[C@]2(O)O[C@@H]3C[C@@]4(C=O)[C@@H](CC[C@@H]5[C@@H]4CC[C@]4(C)[C@@H](C6=CC(=O)OC6)CC[C@]54O)C[C@H]3O[C@H]2O1. The lowest BCUT2D eigenvalue weighted by molar-refractivity contribution is -0.478. The highest BCUT2D eigenvalue weighted by atomic mass is 16.8. The lowest BCUT2D eigenvalue weighted by atomic mass is 9.42. The van der Waals surface area contributed by atoms with Crippen LogP contribution in [0.4, 0.5) is 0 Å². The van der Waals surface area contributed by atoms with Gasteiger partial charge in [0.05, 0.1) is 30.3 Å². The van der Waals surface area contributed by atoms with Gasteiger partial charge in [0.1, 0.15) is 18.5 Å². The molecule has 0 aromatic heterocycles. The molecule has 232 valence electrons. The maximum absolute atomic E-state index is 13.3. The third-order valence-electron chi connectivity index (χ3n) is 12.8. The van der Waals surface area contributed by atoms with Gasteiger partial charge in [-0.15, -0.1) is 0 Å². The fourth-order valence-corrected chi connectivity index (χ4v) is 10.9. The van der Waals surface area contributed by atoms with Gasteiger partial charge in [0, 0.05) is 23.3 Å². The van der Waals surface area contributed by atoms with Gasteiger partial charge < -0.3 is 44.2 Å². The summed E-state index contributed by atoms with van der Waals surface area (Å²) in [6, 6.07) is 0. The smallest absolute Gasteiger partial charge is 0.331 e. The molecule has 0 aromatic rings. The molecule has 4 aliphatic carbocycles. The molecule has 42 heavy (non-hydrogen) atoms. The van der Waals surface area contributed by atoms with Crippen LogP contribution in [0.5, 0.6) is 0 Å². The maximum atomic E-state index is 13.3. The summed E-state index contributed by atoms with van der Waals surface area (Å²) < 4.78 is 23.5. The van der Waals surface area contributed by atoms with Crippen molar-refractivity contribution in [3.63, 3.8) is 0 Å². The number of esters is 1. The number of aliphatic hydroxyl groups is 3. The average Bonchev–Trinajstić information content (AvgIpc) is 3.46. The van der Waals surface area contributed by atoms with Gasteiger partial charge in [0.15, 0.2) is 0 Å². The second kappa shape index (κ2) is 9.31. The first kappa shape index (κ1) is 28.9. The minimum atomic E-state index is -2.42. The highest BCUT2D eigenvalue weighted by Gasteiger charge is 2.72. The number of carbonyl (C=O) groups is 3. The average molecular weight is 591 g/mol. The number of hydrogen-bond acceptors (Lipinski definition) is 10. The lowest BCUT2D eigenvalue weighted by Gasteiger charge is -2.65. The summed E-state index contributed by atoms with van der Waals surface area (Å²) in [6.07, 6.45) is 3.54. The Balaban J connectivity index is 1.19. The van der Waals surface area contributed by atoms with E-state index in [9.17, 15) is 34.8 Å². The number of carbonyl (C=O) groups excluding carboxylic acids is 2. The molecule has 4 saturated carbocycles. The van der Waals surface area contributed by atoms with E-state index in [0.717, 1.165) is 37.5 Å². The molecular formula is C31H42O11. The molecular weight excluding hydrogens is 548 g/mol. The summed E-state index contributed by atoms with van der Waals surface area (Å²) >= 11 is 0. The van der Waals surface area contributed by atoms with Crippen LogP contribution in [0.2, 0.25) is 0 Å². The van der Waals surface area contributed by atoms with Gasteiger partial charge in [0.2, 0.25) is 12.1 Å². The van der Waals surface area contributed by atoms with Gasteiger partial charge in [0.25, 0.3) is 0 Å². The highest BCUT2D eigenvalue weighted by molar-refractivity contribution is 5.85. The molecule has 2 saturated heterocycles. The number of aliphatic carboxylic acids is 1. The van der Waals surface area contributed by atoms with Gasteiger partial charge in [-0.05, 0) is 87.5 Å². The maximum Gasteiger partial charge on any atom is 0.331 e. The summed E-state index contributed by atoms with van der Waals surface area (Å²) in [5.74, 6) is -4.25. The van der Waals surface area contributed by atoms with E-state index >= 15 is 0 Å². The first-order valence-corrected chi connectivity index (χ1v) is 15.5. The van der Waals surface area contributed by atoms with Crippen LogP contribution in [0.3, 0.4) is 0 Å². The topological polar surface area (TPSA) is 169 Å². The Kier molecular flexibility index (Phi) is 6.40. The molecule has 11 heteroatoms. The van der Waals surface area contributed by atoms with Crippen molar-refractivity contribution in [1.82, 2.24) is 0 Å². The molecule has 7 rings (SSSR count). The van der Waals surface area contributed by atoms with Gasteiger partial charge in [-0.2, -0.15) is 0 Å². The zero-order valence-corrected chi connectivity index (χ0v) is 24.2. The van der Waals surface area contributed by atoms with Crippen LogP contribution in [0, 0.1) is 34.5 Å². The van der Waals surface area contributed by atoms with E-state index in [4.69, 9.17) is 18.9 Å². The Morgan fingerprint density at radius 2 is 1.83 bits per heavy atom. The van der Waals surface area contributed by atoms with Crippen LogP contribution in [0.25, 0.3) is 0 Å². The van der Waals surface area contributed by atoms with E-state index in [1.54, 1.807) is 13.0 Å². The number of hydrogen-bond donors (Lipinski definition) is 4. The molecule has 0 radical (unpaired) electrons. The van der Waals surface area contributed by atoms with Crippen molar-refractivity contribution in [2.75, 3.05) is 6.61 Å². The third kappa shape index (κ3) is 3.70. The van der Waals surface area contributed by atoms with Gasteiger partial charge in [-0.3, -0.25) is 4.79 Å². The number of cyclic esters (lactones) is 1. The van der Waals surface area contributed by atoms with Crippen LogP contribution in [-0.4, -0.2) is 86.8 Å². The predicted octanol–water partition coefficient (Wildman–Crippen LogP) is 1.85. The molecule has 0 aromatic carbocycles. The van der Waals surface area contributed by atoms with Crippen LogP contribution in [-0.2, 0) is 33.3 Å². The first-order chi connectivity index (χ1) is 19.8. The Labute approximate surface area is 244 Å². The largest absolute Gasteiger partial charge is 0.481 e. The summed E-state index contributed by atoms with van der Waals surface area (Å²) in [6.45, 7) is 4.08. The fraction of sp³-hybridized carbons (Fsp3) is 0.839. The van der Waals surface area contributed by atoms with Gasteiger partial charge >= 0.3 is 11.9 Å².